The van der Waals surface area contributed by atoms with Crippen LogP contribution in [0.2, 0.25) is 0 Å². The molecule has 0 N–H and O–H groups in total. The molecule has 0 saturated carbocycles. The quantitative estimate of drug-likeness (QED) is 0.527. The van der Waals surface area contributed by atoms with Gasteiger partial charge in [-0.05, 0) is 27.7 Å². The van der Waals surface area contributed by atoms with Crippen molar-refractivity contribution in [3.63, 3.8) is 0 Å². The minimum Gasteiger partial charge on any atom is -0.298 e. The van der Waals surface area contributed by atoms with Crippen molar-refractivity contribution in [2.45, 2.75) is 45.7 Å². The van der Waals surface area contributed by atoms with Crippen LogP contribution in [0, 0.1) is 0 Å². The molecule has 0 amide bonds. The summed E-state index contributed by atoms with van der Waals surface area (Å²) in [7, 11) is 0. The molecule has 0 spiro atoms. The summed E-state index contributed by atoms with van der Waals surface area (Å²) >= 11 is 0. The van der Waals surface area contributed by atoms with Crippen molar-refractivity contribution in [3.05, 3.63) is 0 Å². The van der Waals surface area contributed by atoms with Crippen molar-refractivity contribution < 1.29 is 4.79 Å². The van der Waals surface area contributed by atoms with E-state index in [0.717, 1.165) is 6.42 Å². The van der Waals surface area contributed by atoms with Gasteiger partial charge in [-0.3, -0.25) is 9.69 Å². The van der Waals surface area contributed by atoms with Crippen LogP contribution in [-0.4, -0.2) is 28.8 Å². The van der Waals surface area contributed by atoms with Gasteiger partial charge in [0.05, 0.1) is 6.54 Å². The maximum atomic E-state index is 11.1. The standard InChI is InChI=1S/C9H17NO/c1-7-5-8(11)6-10(7)9(2,3)4/h7H,5-6H2,1-4H3. The Labute approximate surface area is 68.6 Å². The first-order chi connectivity index (χ1) is 4.91. The van der Waals surface area contributed by atoms with E-state index in [9.17, 15) is 4.79 Å². The number of nitrogens with zero attached hydrogens (tertiary/aromatic N) is 1. The molecule has 0 aliphatic carbocycles. The highest BCUT2D eigenvalue weighted by molar-refractivity contribution is 5.83. The molecule has 0 aromatic heterocycles. The van der Waals surface area contributed by atoms with Crippen molar-refractivity contribution in [2.24, 2.45) is 0 Å². The molecule has 1 rings (SSSR count). The van der Waals surface area contributed by atoms with E-state index in [4.69, 9.17) is 0 Å². The summed E-state index contributed by atoms with van der Waals surface area (Å²) in [6.07, 6.45) is 0.733. The number of carbonyl (C=O) groups is 1. The van der Waals surface area contributed by atoms with Crippen LogP contribution in [0.15, 0.2) is 0 Å². The average molecular weight is 155 g/mol. The normalized spacial score (nSPS) is 28.0. The maximum Gasteiger partial charge on any atom is 0.148 e. The first-order valence-electron chi connectivity index (χ1n) is 4.19. The molecule has 0 bridgehead atoms. The molecule has 1 fully saturated rings. The number of rotatable bonds is 0. The van der Waals surface area contributed by atoms with Gasteiger partial charge >= 0.3 is 0 Å². The van der Waals surface area contributed by atoms with E-state index in [1.165, 1.54) is 0 Å². The number of ketones is 1. The first kappa shape index (κ1) is 8.72. The molecule has 0 aromatic carbocycles. The van der Waals surface area contributed by atoms with E-state index in [-0.39, 0.29) is 5.54 Å². The second-order valence-corrected chi connectivity index (χ2v) is 4.39. The zero-order valence-corrected chi connectivity index (χ0v) is 7.85. The summed E-state index contributed by atoms with van der Waals surface area (Å²) in [5, 5.41) is 0. The van der Waals surface area contributed by atoms with E-state index < -0.39 is 0 Å². The predicted octanol–water partition coefficient (Wildman–Crippen LogP) is 1.45. The fourth-order valence-electron chi connectivity index (χ4n) is 1.75. The Morgan fingerprint density at radius 3 is 2.18 bits per heavy atom. The van der Waals surface area contributed by atoms with Crippen molar-refractivity contribution in [1.82, 2.24) is 4.90 Å². The Balaban J connectivity index is 2.67. The summed E-state index contributed by atoms with van der Waals surface area (Å²) in [6, 6.07) is 0.433. The number of Topliss-reactive ketones (excluding diaryl/α,β-unsaturated/α-hetero) is 1. The maximum absolute atomic E-state index is 11.1. The van der Waals surface area contributed by atoms with Gasteiger partial charge in [0.1, 0.15) is 5.78 Å². The third kappa shape index (κ3) is 1.80. The third-order valence-corrected chi connectivity index (χ3v) is 2.26. The molecule has 11 heavy (non-hydrogen) atoms. The Morgan fingerprint density at radius 2 is 2.00 bits per heavy atom. The molecule has 1 unspecified atom stereocenters. The highest BCUT2D eigenvalue weighted by atomic mass is 16.1. The number of carbonyl (C=O) groups excluding carboxylic acids is 1. The Morgan fingerprint density at radius 1 is 1.45 bits per heavy atom. The molecule has 0 radical (unpaired) electrons. The third-order valence-electron chi connectivity index (χ3n) is 2.26. The molecule has 1 aliphatic heterocycles. The van der Waals surface area contributed by atoms with Gasteiger partial charge in [0.15, 0.2) is 0 Å². The first-order valence-corrected chi connectivity index (χ1v) is 4.19. The largest absolute Gasteiger partial charge is 0.298 e. The zero-order valence-electron chi connectivity index (χ0n) is 7.85. The number of hydrogen-bond acceptors (Lipinski definition) is 2. The molecule has 0 aromatic rings. The summed E-state index contributed by atoms with van der Waals surface area (Å²) in [5.74, 6) is 0.382. The lowest BCUT2D eigenvalue weighted by Gasteiger charge is -2.34. The van der Waals surface area contributed by atoms with Gasteiger partial charge in [-0.25, -0.2) is 0 Å². The van der Waals surface area contributed by atoms with Gasteiger partial charge in [0.2, 0.25) is 0 Å². The van der Waals surface area contributed by atoms with Crippen LogP contribution in [0.25, 0.3) is 0 Å². The lowest BCUT2D eigenvalue weighted by Crippen LogP contribution is -2.43. The Hall–Kier alpha value is -0.370. The van der Waals surface area contributed by atoms with E-state index in [1.807, 2.05) is 0 Å². The fraction of sp³-hybridized carbons (Fsp3) is 0.889. The summed E-state index contributed by atoms with van der Waals surface area (Å²) in [4.78, 5) is 13.3. The van der Waals surface area contributed by atoms with E-state index >= 15 is 0 Å². The molecule has 64 valence electrons. The van der Waals surface area contributed by atoms with Crippen LogP contribution in [0.5, 0.6) is 0 Å². The van der Waals surface area contributed by atoms with Crippen molar-refractivity contribution in [2.75, 3.05) is 6.54 Å². The minimum atomic E-state index is 0.144. The number of likely N-dealkylation sites (tertiary alicyclic amines) is 1. The fourth-order valence-corrected chi connectivity index (χ4v) is 1.75. The van der Waals surface area contributed by atoms with E-state index in [0.29, 0.717) is 18.4 Å². The highest BCUT2D eigenvalue weighted by Gasteiger charge is 2.34. The van der Waals surface area contributed by atoms with Gasteiger partial charge in [-0.15, -0.1) is 0 Å². The van der Waals surface area contributed by atoms with Crippen LogP contribution in [0.1, 0.15) is 34.1 Å². The second kappa shape index (κ2) is 2.59. The molecule has 1 aliphatic rings. The van der Waals surface area contributed by atoms with Crippen molar-refractivity contribution >= 4 is 5.78 Å². The average Bonchev–Trinajstić information content (AvgIpc) is 2.08. The molecule has 1 atom stereocenters. The molecule has 2 nitrogen and oxygen atoms in total. The SMILES string of the molecule is CC1CC(=O)CN1C(C)(C)C. The molecular weight excluding hydrogens is 138 g/mol. The molecular formula is C9H17NO. The topological polar surface area (TPSA) is 20.3 Å². The van der Waals surface area contributed by atoms with Crippen LogP contribution in [0.3, 0.4) is 0 Å². The van der Waals surface area contributed by atoms with Gasteiger partial charge in [-0.2, -0.15) is 0 Å². The van der Waals surface area contributed by atoms with Crippen molar-refractivity contribution in [3.8, 4) is 0 Å². The smallest absolute Gasteiger partial charge is 0.148 e. The van der Waals surface area contributed by atoms with Crippen molar-refractivity contribution in [1.29, 1.82) is 0 Å². The van der Waals surface area contributed by atoms with E-state index in [1.54, 1.807) is 0 Å². The predicted molar refractivity (Wildman–Crippen MR) is 45.5 cm³/mol. The van der Waals surface area contributed by atoms with Crippen LogP contribution >= 0.6 is 0 Å². The highest BCUT2D eigenvalue weighted by Crippen LogP contribution is 2.23. The van der Waals surface area contributed by atoms with E-state index in [2.05, 4.69) is 32.6 Å². The molecule has 2 heteroatoms. The molecule has 1 heterocycles. The Bertz CT molecular complexity index is 169. The summed E-state index contributed by atoms with van der Waals surface area (Å²) in [5.41, 5.74) is 0.144. The van der Waals surface area contributed by atoms with Crippen LogP contribution < -0.4 is 0 Å². The number of hydrogen-bond donors (Lipinski definition) is 0. The second-order valence-electron chi connectivity index (χ2n) is 4.39. The van der Waals surface area contributed by atoms with Gasteiger partial charge < -0.3 is 0 Å². The Kier molecular flexibility index (Phi) is 2.06. The van der Waals surface area contributed by atoms with Gasteiger partial charge in [-0.1, -0.05) is 0 Å². The van der Waals surface area contributed by atoms with Crippen LogP contribution in [0.4, 0.5) is 0 Å². The zero-order chi connectivity index (χ0) is 8.65. The lowest BCUT2D eigenvalue weighted by molar-refractivity contribution is -0.117. The summed E-state index contributed by atoms with van der Waals surface area (Å²) in [6.45, 7) is 9.23. The lowest BCUT2D eigenvalue weighted by atomic mass is 10.1. The van der Waals surface area contributed by atoms with Crippen LogP contribution in [-0.2, 0) is 4.79 Å². The van der Waals surface area contributed by atoms with Gasteiger partial charge in [0, 0.05) is 18.0 Å². The summed E-state index contributed by atoms with van der Waals surface area (Å²) < 4.78 is 0. The minimum absolute atomic E-state index is 0.144. The molecule has 1 saturated heterocycles. The van der Waals surface area contributed by atoms with Gasteiger partial charge in [0.25, 0.3) is 0 Å². The monoisotopic (exact) mass is 155 g/mol.